The molecular formula is C11H14ClNO3S. The third-order valence-corrected chi connectivity index (χ3v) is 4.07. The van der Waals surface area contributed by atoms with Crippen molar-refractivity contribution in [1.29, 1.82) is 0 Å². The van der Waals surface area contributed by atoms with E-state index < -0.39 is 9.84 Å². The van der Waals surface area contributed by atoms with Crippen molar-refractivity contribution >= 4 is 27.3 Å². The smallest absolute Gasteiger partial charge is 0.220 e. The lowest BCUT2D eigenvalue weighted by Gasteiger charge is -2.04. The van der Waals surface area contributed by atoms with Crippen LogP contribution >= 0.6 is 11.6 Å². The normalized spacial score (nSPS) is 11.2. The van der Waals surface area contributed by atoms with Gasteiger partial charge in [0.25, 0.3) is 0 Å². The minimum Gasteiger partial charge on any atom is -0.359 e. The highest BCUT2D eigenvalue weighted by atomic mass is 35.5. The predicted octanol–water partition coefficient (Wildman–Crippen LogP) is 1.39. The van der Waals surface area contributed by atoms with E-state index in [9.17, 15) is 13.2 Å². The first-order chi connectivity index (χ1) is 7.93. The Morgan fingerprint density at radius 2 is 1.88 bits per heavy atom. The average molecular weight is 276 g/mol. The van der Waals surface area contributed by atoms with Crippen LogP contribution in [0, 0.1) is 0 Å². The second-order valence-electron chi connectivity index (χ2n) is 3.64. The van der Waals surface area contributed by atoms with Crippen molar-refractivity contribution in [2.24, 2.45) is 0 Å². The average Bonchev–Trinajstić information content (AvgIpc) is 2.29. The second-order valence-corrected chi connectivity index (χ2v) is 6.26. The van der Waals surface area contributed by atoms with Gasteiger partial charge in [-0.3, -0.25) is 4.79 Å². The SMILES string of the molecule is CNC(=O)CCS(=O)(=O)Cc1ccc(Cl)cc1. The van der Waals surface area contributed by atoms with E-state index in [1.54, 1.807) is 24.3 Å². The van der Waals surface area contributed by atoms with Gasteiger partial charge >= 0.3 is 0 Å². The van der Waals surface area contributed by atoms with E-state index in [0.29, 0.717) is 10.6 Å². The van der Waals surface area contributed by atoms with Crippen molar-refractivity contribution in [3.63, 3.8) is 0 Å². The van der Waals surface area contributed by atoms with Crippen LogP contribution in [0.15, 0.2) is 24.3 Å². The molecule has 0 bridgehead atoms. The molecule has 1 rings (SSSR count). The van der Waals surface area contributed by atoms with Crippen LogP contribution in [0.2, 0.25) is 5.02 Å². The van der Waals surface area contributed by atoms with Gasteiger partial charge in [-0.15, -0.1) is 0 Å². The summed E-state index contributed by atoms with van der Waals surface area (Å²) in [6, 6.07) is 6.62. The van der Waals surface area contributed by atoms with E-state index >= 15 is 0 Å². The number of carbonyl (C=O) groups excluding carboxylic acids is 1. The molecule has 17 heavy (non-hydrogen) atoms. The predicted molar refractivity (Wildman–Crippen MR) is 67.6 cm³/mol. The standard InChI is InChI=1S/C11H14ClNO3S/c1-13-11(14)6-7-17(15,16)8-9-2-4-10(12)5-3-9/h2-5H,6-8H2,1H3,(H,13,14). The summed E-state index contributed by atoms with van der Waals surface area (Å²) in [4.78, 5) is 11.0. The topological polar surface area (TPSA) is 63.2 Å². The zero-order valence-electron chi connectivity index (χ0n) is 9.44. The molecule has 1 aromatic rings. The Hall–Kier alpha value is -1.07. The monoisotopic (exact) mass is 275 g/mol. The molecule has 0 saturated carbocycles. The Morgan fingerprint density at radius 1 is 1.29 bits per heavy atom. The van der Waals surface area contributed by atoms with Gasteiger partial charge in [-0.05, 0) is 17.7 Å². The van der Waals surface area contributed by atoms with Crippen LogP contribution in [0.5, 0.6) is 0 Å². The first-order valence-electron chi connectivity index (χ1n) is 5.08. The second kappa shape index (κ2) is 6.02. The van der Waals surface area contributed by atoms with Crippen molar-refractivity contribution in [1.82, 2.24) is 5.32 Å². The zero-order chi connectivity index (χ0) is 12.9. The van der Waals surface area contributed by atoms with Crippen molar-refractivity contribution < 1.29 is 13.2 Å². The van der Waals surface area contributed by atoms with Crippen LogP contribution in [0.25, 0.3) is 0 Å². The van der Waals surface area contributed by atoms with Gasteiger partial charge in [-0.25, -0.2) is 8.42 Å². The highest BCUT2D eigenvalue weighted by Gasteiger charge is 2.13. The molecule has 0 radical (unpaired) electrons. The maximum absolute atomic E-state index is 11.7. The number of amides is 1. The fraction of sp³-hybridized carbons (Fsp3) is 0.364. The van der Waals surface area contributed by atoms with E-state index in [4.69, 9.17) is 11.6 Å². The van der Waals surface area contributed by atoms with Crippen LogP contribution in [0.1, 0.15) is 12.0 Å². The Morgan fingerprint density at radius 3 is 2.41 bits per heavy atom. The van der Waals surface area contributed by atoms with E-state index in [1.165, 1.54) is 7.05 Å². The summed E-state index contributed by atoms with van der Waals surface area (Å²) in [6.45, 7) is 0. The van der Waals surface area contributed by atoms with Crippen molar-refractivity contribution in [2.75, 3.05) is 12.8 Å². The lowest BCUT2D eigenvalue weighted by atomic mass is 10.2. The van der Waals surface area contributed by atoms with Gasteiger partial charge in [-0.1, -0.05) is 23.7 Å². The lowest BCUT2D eigenvalue weighted by molar-refractivity contribution is -0.120. The van der Waals surface area contributed by atoms with Crippen LogP contribution < -0.4 is 5.32 Å². The molecule has 0 aromatic heterocycles. The molecule has 0 spiro atoms. The Bertz CT molecular complexity index is 482. The van der Waals surface area contributed by atoms with Crippen molar-refractivity contribution in [3.05, 3.63) is 34.9 Å². The third kappa shape index (κ3) is 5.19. The minimum absolute atomic E-state index is 0.00752. The highest BCUT2D eigenvalue weighted by molar-refractivity contribution is 7.90. The maximum atomic E-state index is 11.7. The fourth-order valence-electron chi connectivity index (χ4n) is 1.28. The van der Waals surface area contributed by atoms with Gasteiger partial charge in [0.15, 0.2) is 9.84 Å². The molecule has 0 aliphatic rings. The number of rotatable bonds is 5. The van der Waals surface area contributed by atoms with E-state index in [2.05, 4.69) is 5.32 Å². The molecule has 1 amide bonds. The third-order valence-electron chi connectivity index (χ3n) is 2.22. The number of halogens is 1. The molecule has 0 fully saturated rings. The molecule has 94 valence electrons. The minimum atomic E-state index is -3.26. The zero-order valence-corrected chi connectivity index (χ0v) is 11.0. The Balaban J connectivity index is 2.60. The van der Waals surface area contributed by atoms with Gasteiger partial charge < -0.3 is 5.32 Å². The first kappa shape index (κ1) is 14.0. The summed E-state index contributed by atoms with van der Waals surface area (Å²) in [7, 11) is -1.78. The van der Waals surface area contributed by atoms with Gasteiger partial charge in [0.2, 0.25) is 5.91 Å². The molecule has 1 N–H and O–H groups in total. The number of hydrogen-bond acceptors (Lipinski definition) is 3. The summed E-state index contributed by atoms with van der Waals surface area (Å²) >= 11 is 5.70. The molecule has 0 aliphatic carbocycles. The Labute approximate surface area is 106 Å². The van der Waals surface area contributed by atoms with Crippen LogP contribution in [-0.4, -0.2) is 27.1 Å². The summed E-state index contributed by atoms with van der Waals surface area (Å²) < 4.78 is 23.4. The van der Waals surface area contributed by atoms with Crippen LogP contribution in [0.4, 0.5) is 0 Å². The molecular weight excluding hydrogens is 262 g/mol. The summed E-state index contributed by atoms with van der Waals surface area (Å²) in [6.07, 6.45) is -0.00752. The van der Waals surface area contributed by atoms with Crippen molar-refractivity contribution in [3.8, 4) is 0 Å². The largest absolute Gasteiger partial charge is 0.359 e. The Kier molecular flexibility index (Phi) is 4.96. The molecule has 6 heteroatoms. The highest BCUT2D eigenvalue weighted by Crippen LogP contribution is 2.12. The molecule has 4 nitrogen and oxygen atoms in total. The van der Waals surface area contributed by atoms with E-state index in [0.717, 1.165) is 0 Å². The summed E-state index contributed by atoms with van der Waals surface area (Å²) in [5.74, 6) is -0.485. The van der Waals surface area contributed by atoms with Gasteiger partial charge in [0, 0.05) is 18.5 Å². The van der Waals surface area contributed by atoms with E-state index in [1.807, 2.05) is 0 Å². The first-order valence-corrected chi connectivity index (χ1v) is 7.28. The molecule has 1 aromatic carbocycles. The number of benzene rings is 1. The van der Waals surface area contributed by atoms with Crippen molar-refractivity contribution in [2.45, 2.75) is 12.2 Å². The van der Waals surface area contributed by atoms with Crippen LogP contribution in [-0.2, 0) is 20.4 Å². The molecule has 0 saturated heterocycles. The number of sulfone groups is 1. The summed E-state index contributed by atoms with van der Waals surface area (Å²) in [5, 5.41) is 2.95. The molecule has 0 atom stereocenters. The molecule has 0 aliphatic heterocycles. The molecule has 0 unspecified atom stereocenters. The van der Waals surface area contributed by atoms with Gasteiger partial charge in [-0.2, -0.15) is 0 Å². The van der Waals surface area contributed by atoms with E-state index in [-0.39, 0.29) is 23.8 Å². The quantitative estimate of drug-likeness (QED) is 0.883. The number of hydrogen-bond donors (Lipinski definition) is 1. The number of carbonyl (C=O) groups is 1. The lowest BCUT2D eigenvalue weighted by Crippen LogP contribution is -2.22. The van der Waals surface area contributed by atoms with Gasteiger partial charge in [0.05, 0.1) is 11.5 Å². The molecule has 0 heterocycles. The number of nitrogens with one attached hydrogen (secondary N) is 1. The van der Waals surface area contributed by atoms with Crippen LogP contribution in [0.3, 0.4) is 0 Å². The van der Waals surface area contributed by atoms with Gasteiger partial charge in [0.1, 0.15) is 0 Å². The maximum Gasteiger partial charge on any atom is 0.220 e. The summed E-state index contributed by atoms with van der Waals surface area (Å²) in [5.41, 5.74) is 0.673. The fourth-order valence-corrected chi connectivity index (χ4v) is 2.75.